The van der Waals surface area contributed by atoms with Gasteiger partial charge in [-0.05, 0) is 42.8 Å². The van der Waals surface area contributed by atoms with Gasteiger partial charge in [0.05, 0.1) is 4.92 Å². The quantitative estimate of drug-likeness (QED) is 0.266. The van der Waals surface area contributed by atoms with E-state index in [-0.39, 0.29) is 16.0 Å². The van der Waals surface area contributed by atoms with Crippen LogP contribution >= 0.6 is 0 Å². The first-order chi connectivity index (χ1) is 10.7. The number of nitro groups is 1. The molecule has 1 atom stereocenters. The second kappa shape index (κ2) is 9.18. The highest BCUT2D eigenvalue weighted by molar-refractivity contribution is 6.48. The second-order valence-corrected chi connectivity index (χ2v) is 9.97. The van der Waals surface area contributed by atoms with Gasteiger partial charge in [0.1, 0.15) is 0 Å². The predicted molar refractivity (Wildman–Crippen MR) is 98.6 cm³/mol. The summed E-state index contributed by atoms with van der Waals surface area (Å²) < 4.78 is 5.71. The average molecular weight is 338 g/mol. The van der Waals surface area contributed by atoms with Gasteiger partial charge in [-0.15, -0.1) is 0 Å². The lowest BCUT2D eigenvalue weighted by Gasteiger charge is -2.31. The normalized spacial score (nSPS) is 13.3. The fourth-order valence-corrected chi connectivity index (χ4v) is 3.51. The van der Waals surface area contributed by atoms with Crippen molar-refractivity contribution >= 4 is 14.7 Å². The number of unbranched alkanes of at least 4 members (excludes halogenated alkanes) is 2. The first-order valence-corrected chi connectivity index (χ1v) is 11.4. The van der Waals surface area contributed by atoms with Crippen molar-refractivity contribution in [3.8, 4) is 0 Å². The lowest BCUT2D eigenvalue weighted by atomic mass is 9.74. The molecule has 1 rings (SSSR count). The van der Waals surface area contributed by atoms with E-state index in [9.17, 15) is 10.1 Å². The van der Waals surface area contributed by atoms with Gasteiger partial charge in [0.25, 0.3) is 5.69 Å². The summed E-state index contributed by atoms with van der Waals surface area (Å²) in [5, 5.41) is 10.8. The summed E-state index contributed by atoms with van der Waals surface area (Å²) in [4.78, 5) is 10.5. The van der Waals surface area contributed by atoms with Crippen LogP contribution in [0.5, 0.6) is 0 Å². The van der Waals surface area contributed by atoms with Gasteiger partial charge < -0.3 is 4.43 Å². The molecule has 4 nitrogen and oxygen atoms in total. The molecule has 0 aliphatic heterocycles. The van der Waals surface area contributed by atoms with Crippen molar-refractivity contribution in [3.05, 3.63) is 39.9 Å². The molecular weight excluding hydrogens is 306 g/mol. The molecule has 0 bridgehead atoms. The summed E-state index contributed by atoms with van der Waals surface area (Å²) in [5.74, 6) is 0.420. The molecule has 0 aromatic heterocycles. The molecule has 130 valence electrons. The number of nitrogens with zero attached hydrogens (tertiary/aromatic N) is 1. The molecule has 0 aliphatic carbocycles. The number of hydrogen-bond acceptors (Lipinski definition) is 3. The minimum atomic E-state index is -0.887. The Hall–Kier alpha value is -1.20. The van der Waals surface area contributed by atoms with Crippen molar-refractivity contribution in [2.75, 3.05) is 6.61 Å². The summed E-state index contributed by atoms with van der Waals surface area (Å²) in [6, 6.07) is 7.08. The van der Waals surface area contributed by atoms with Gasteiger partial charge >= 0.3 is 0 Å². The van der Waals surface area contributed by atoms with E-state index in [4.69, 9.17) is 4.43 Å². The Kier molecular flexibility index (Phi) is 7.92. The van der Waals surface area contributed by atoms with Crippen molar-refractivity contribution < 1.29 is 9.35 Å². The topological polar surface area (TPSA) is 52.4 Å². The molecule has 1 unspecified atom stereocenters. The maximum Gasteiger partial charge on any atom is 0.269 e. The van der Waals surface area contributed by atoms with Crippen LogP contribution in [0.4, 0.5) is 5.69 Å². The van der Waals surface area contributed by atoms with Crippen LogP contribution in [0.2, 0.25) is 13.1 Å². The van der Waals surface area contributed by atoms with Crippen LogP contribution in [0.25, 0.3) is 0 Å². The van der Waals surface area contributed by atoms with E-state index in [2.05, 4.69) is 33.9 Å². The van der Waals surface area contributed by atoms with E-state index < -0.39 is 9.04 Å². The highest BCUT2D eigenvalue weighted by atomic mass is 28.3. The maximum atomic E-state index is 10.8. The maximum absolute atomic E-state index is 10.8. The zero-order valence-electron chi connectivity index (χ0n) is 15.2. The smallest absolute Gasteiger partial charge is 0.269 e. The Balaban J connectivity index is 2.58. The lowest BCUT2D eigenvalue weighted by molar-refractivity contribution is -0.384. The molecule has 0 radical (unpaired) electrons. The third kappa shape index (κ3) is 7.27. The van der Waals surface area contributed by atoms with Gasteiger partial charge in [0.2, 0.25) is 0 Å². The van der Waals surface area contributed by atoms with Crippen LogP contribution < -0.4 is 0 Å². The summed E-state index contributed by atoms with van der Waals surface area (Å²) >= 11 is 0. The molecule has 0 fully saturated rings. The lowest BCUT2D eigenvalue weighted by Crippen LogP contribution is -2.18. The molecule has 0 heterocycles. The highest BCUT2D eigenvalue weighted by Gasteiger charge is 2.26. The standard InChI is InChI=1S/C18H31NO3Si/c1-18(2,3)17(9-7-6-8-14-22-23(4)5)15-10-12-16(13-11-15)19(20)21/h10-13,17,23H,6-9,14H2,1-5H3. The van der Waals surface area contributed by atoms with E-state index in [0.717, 1.165) is 19.4 Å². The minimum Gasteiger partial charge on any atom is -0.421 e. The molecule has 0 spiro atoms. The summed E-state index contributed by atoms with van der Waals surface area (Å²) in [6.45, 7) is 12.0. The Labute approximate surface area is 142 Å². The third-order valence-electron chi connectivity index (χ3n) is 4.14. The Morgan fingerprint density at radius 2 is 1.74 bits per heavy atom. The van der Waals surface area contributed by atoms with Crippen molar-refractivity contribution in [1.82, 2.24) is 0 Å². The Morgan fingerprint density at radius 3 is 2.22 bits per heavy atom. The molecule has 0 amide bonds. The van der Waals surface area contributed by atoms with Crippen LogP contribution in [-0.4, -0.2) is 20.6 Å². The monoisotopic (exact) mass is 337 g/mol. The second-order valence-electron chi connectivity index (χ2n) is 7.54. The first kappa shape index (κ1) is 19.8. The summed E-state index contributed by atoms with van der Waals surface area (Å²) in [7, 11) is -0.887. The number of rotatable bonds is 9. The van der Waals surface area contributed by atoms with Crippen LogP contribution in [0, 0.1) is 15.5 Å². The SMILES string of the molecule is C[SiH](C)OCCCCCC(c1ccc([N+](=O)[O-])cc1)C(C)(C)C. The van der Waals surface area contributed by atoms with Crippen LogP contribution in [0.3, 0.4) is 0 Å². The molecule has 0 aliphatic rings. The summed E-state index contributed by atoms with van der Waals surface area (Å²) in [6.07, 6.45) is 4.59. The zero-order valence-corrected chi connectivity index (χ0v) is 16.3. The van der Waals surface area contributed by atoms with Gasteiger partial charge in [-0.1, -0.05) is 45.7 Å². The number of hydrogen-bond donors (Lipinski definition) is 0. The molecule has 23 heavy (non-hydrogen) atoms. The number of nitro benzene ring substituents is 1. The van der Waals surface area contributed by atoms with Crippen LogP contribution in [-0.2, 0) is 4.43 Å². The fraction of sp³-hybridized carbons (Fsp3) is 0.667. The zero-order chi connectivity index (χ0) is 17.5. The van der Waals surface area contributed by atoms with Crippen molar-refractivity contribution in [2.45, 2.75) is 65.5 Å². The molecule has 0 saturated carbocycles. The molecule has 0 saturated heterocycles. The summed E-state index contributed by atoms with van der Waals surface area (Å²) in [5.41, 5.74) is 1.52. The van der Waals surface area contributed by atoms with Gasteiger partial charge in [-0.25, -0.2) is 0 Å². The van der Waals surface area contributed by atoms with E-state index in [0.29, 0.717) is 5.92 Å². The Bertz CT molecular complexity index is 480. The van der Waals surface area contributed by atoms with E-state index in [1.807, 2.05) is 12.1 Å². The molecular formula is C18H31NO3Si. The Morgan fingerprint density at radius 1 is 1.13 bits per heavy atom. The molecule has 0 N–H and O–H groups in total. The van der Waals surface area contributed by atoms with Crippen molar-refractivity contribution in [2.24, 2.45) is 5.41 Å². The first-order valence-electron chi connectivity index (χ1n) is 8.57. The van der Waals surface area contributed by atoms with Crippen molar-refractivity contribution in [3.63, 3.8) is 0 Å². The fourth-order valence-electron chi connectivity index (χ4n) is 2.87. The average Bonchev–Trinajstić information content (AvgIpc) is 2.45. The van der Waals surface area contributed by atoms with Gasteiger partial charge in [-0.3, -0.25) is 10.1 Å². The molecule has 1 aromatic rings. The third-order valence-corrected chi connectivity index (χ3v) is 5.04. The minimum absolute atomic E-state index is 0.150. The van der Waals surface area contributed by atoms with E-state index in [1.165, 1.54) is 18.4 Å². The van der Waals surface area contributed by atoms with E-state index in [1.54, 1.807) is 12.1 Å². The van der Waals surface area contributed by atoms with Gasteiger partial charge in [0, 0.05) is 18.7 Å². The number of benzene rings is 1. The van der Waals surface area contributed by atoms with E-state index >= 15 is 0 Å². The van der Waals surface area contributed by atoms with Crippen LogP contribution in [0.15, 0.2) is 24.3 Å². The highest BCUT2D eigenvalue weighted by Crippen LogP contribution is 2.39. The molecule has 1 aromatic carbocycles. The van der Waals surface area contributed by atoms with Gasteiger partial charge in [0.15, 0.2) is 9.04 Å². The predicted octanol–water partition coefficient (Wildman–Crippen LogP) is 5.28. The molecule has 5 heteroatoms. The van der Waals surface area contributed by atoms with Gasteiger partial charge in [-0.2, -0.15) is 0 Å². The van der Waals surface area contributed by atoms with Crippen LogP contribution in [0.1, 0.15) is 57.9 Å². The largest absolute Gasteiger partial charge is 0.421 e. The number of non-ortho nitro benzene ring substituents is 1. The van der Waals surface area contributed by atoms with Crippen molar-refractivity contribution in [1.29, 1.82) is 0 Å².